The number of hydrogen-bond donors (Lipinski definition) is 1. The highest BCUT2D eigenvalue weighted by molar-refractivity contribution is 6.33. The first-order chi connectivity index (χ1) is 5.25. The molecule has 0 bridgehead atoms. The van der Waals surface area contributed by atoms with Crippen molar-refractivity contribution < 1.29 is 4.79 Å². The Kier molecular flexibility index (Phi) is 2.44. The van der Waals surface area contributed by atoms with Crippen molar-refractivity contribution >= 4 is 17.5 Å². The van der Waals surface area contributed by atoms with Crippen LogP contribution in [0.15, 0.2) is 18.5 Å². The molecule has 1 rings (SSSR count). The van der Waals surface area contributed by atoms with E-state index in [1.54, 1.807) is 13.1 Å². The highest BCUT2D eigenvalue weighted by atomic mass is 35.5. The van der Waals surface area contributed by atoms with Crippen molar-refractivity contribution in [3.05, 3.63) is 29.0 Å². The number of pyridine rings is 1. The Morgan fingerprint density at radius 3 is 3.00 bits per heavy atom. The zero-order valence-corrected chi connectivity index (χ0v) is 6.72. The summed E-state index contributed by atoms with van der Waals surface area (Å²) in [5.74, 6) is -0.197. The summed E-state index contributed by atoms with van der Waals surface area (Å²) in [6.45, 7) is 0. The van der Waals surface area contributed by atoms with E-state index < -0.39 is 0 Å². The summed E-state index contributed by atoms with van der Waals surface area (Å²) in [5, 5.41) is 2.84. The average Bonchev–Trinajstić information content (AvgIpc) is 2.04. The van der Waals surface area contributed by atoms with Crippen LogP contribution >= 0.6 is 11.6 Å². The quantitative estimate of drug-likeness (QED) is 0.686. The van der Waals surface area contributed by atoms with Gasteiger partial charge in [0.1, 0.15) is 0 Å². The first-order valence-corrected chi connectivity index (χ1v) is 3.45. The molecular formula is C7H7ClN2O. The van der Waals surface area contributed by atoms with Crippen LogP contribution in [0.5, 0.6) is 0 Å². The number of halogens is 1. The lowest BCUT2D eigenvalue weighted by Gasteiger charge is -1.99. The number of nitrogens with one attached hydrogen (secondary N) is 1. The van der Waals surface area contributed by atoms with Gasteiger partial charge in [0.15, 0.2) is 0 Å². The van der Waals surface area contributed by atoms with E-state index in [9.17, 15) is 4.79 Å². The molecule has 0 unspecified atom stereocenters. The summed E-state index contributed by atoms with van der Waals surface area (Å²) >= 11 is 5.67. The number of nitrogens with zero attached hydrogens (tertiary/aromatic N) is 1. The van der Waals surface area contributed by atoms with Crippen LogP contribution in [0.4, 0.5) is 0 Å². The molecule has 1 heterocycles. The Labute approximate surface area is 69.4 Å². The molecule has 0 atom stereocenters. The van der Waals surface area contributed by atoms with Crippen LogP contribution in [-0.4, -0.2) is 17.9 Å². The normalized spacial score (nSPS) is 9.27. The van der Waals surface area contributed by atoms with Gasteiger partial charge in [-0.05, 0) is 6.07 Å². The summed E-state index contributed by atoms with van der Waals surface area (Å²) in [6.07, 6.45) is 2.96. The maximum atomic E-state index is 11.0. The molecule has 1 N–H and O–H groups in total. The topological polar surface area (TPSA) is 42.0 Å². The predicted octanol–water partition coefficient (Wildman–Crippen LogP) is 1.09. The van der Waals surface area contributed by atoms with E-state index >= 15 is 0 Å². The number of hydrogen-bond acceptors (Lipinski definition) is 2. The van der Waals surface area contributed by atoms with Gasteiger partial charge in [-0.1, -0.05) is 11.6 Å². The van der Waals surface area contributed by atoms with Crippen molar-refractivity contribution in [3.8, 4) is 0 Å². The van der Waals surface area contributed by atoms with Gasteiger partial charge in [-0.3, -0.25) is 9.78 Å². The molecule has 0 aromatic carbocycles. The average molecular weight is 171 g/mol. The Morgan fingerprint density at radius 1 is 1.73 bits per heavy atom. The molecule has 0 saturated carbocycles. The lowest BCUT2D eigenvalue weighted by atomic mass is 10.2. The highest BCUT2D eigenvalue weighted by Crippen LogP contribution is 2.12. The number of amides is 1. The van der Waals surface area contributed by atoms with Crippen LogP contribution in [0.2, 0.25) is 5.02 Å². The molecule has 3 nitrogen and oxygen atoms in total. The molecule has 0 aliphatic rings. The second-order valence-electron chi connectivity index (χ2n) is 1.93. The lowest BCUT2D eigenvalue weighted by molar-refractivity contribution is 0.0963. The van der Waals surface area contributed by atoms with E-state index in [4.69, 9.17) is 11.6 Å². The molecule has 1 aromatic heterocycles. The third kappa shape index (κ3) is 1.68. The van der Waals surface area contributed by atoms with Gasteiger partial charge in [0.25, 0.3) is 5.91 Å². The van der Waals surface area contributed by atoms with Gasteiger partial charge in [-0.15, -0.1) is 0 Å². The van der Waals surface area contributed by atoms with E-state index in [0.29, 0.717) is 10.6 Å². The van der Waals surface area contributed by atoms with Crippen LogP contribution < -0.4 is 5.32 Å². The van der Waals surface area contributed by atoms with Crippen molar-refractivity contribution in [3.63, 3.8) is 0 Å². The Bertz CT molecular complexity index is 275. The molecule has 0 fully saturated rings. The zero-order valence-electron chi connectivity index (χ0n) is 5.97. The summed E-state index contributed by atoms with van der Waals surface area (Å²) < 4.78 is 0. The summed E-state index contributed by atoms with van der Waals surface area (Å²) in [7, 11) is 1.55. The van der Waals surface area contributed by atoms with Gasteiger partial charge < -0.3 is 5.32 Å². The van der Waals surface area contributed by atoms with Crippen molar-refractivity contribution in [2.24, 2.45) is 0 Å². The minimum atomic E-state index is -0.197. The second-order valence-corrected chi connectivity index (χ2v) is 2.34. The van der Waals surface area contributed by atoms with Gasteiger partial charge in [0, 0.05) is 19.4 Å². The molecule has 0 radical (unpaired) electrons. The fourth-order valence-corrected chi connectivity index (χ4v) is 0.899. The van der Waals surface area contributed by atoms with Crippen LogP contribution in [-0.2, 0) is 0 Å². The molecule has 58 valence electrons. The molecule has 0 aliphatic heterocycles. The van der Waals surface area contributed by atoms with E-state index in [0.717, 1.165) is 0 Å². The van der Waals surface area contributed by atoms with Gasteiger partial charge in [0.2, 0.25) is 0 Å². The summed E-state index contributed by atoms with van der Waals surface area (Å²) in [5.41, 5.74) is 0.448. The fraction of sp³-hybridized carbons (Fsp3) is 0.143. The van der Waals surface area contributed by atoms with Crippen molar-refractivity contribution in [1.82, 2.24) is 10.3 Å². The molecule has 1 aromatic rings. The molecule has 0 saturated heterocycles. The van der Waals surface area contributed by atoms with Gasteiger partial charge in [0.05, 0.1) is 10.6 Å². The van der Waals surface area contributed by atoms with Gasteiger partial charge in [-0.25, -0.2) is 0 Å². The van der Waals surface area contributed by atoms with Gasteiger partial charge in [-0.2, -0.15) is 0 Å². The van der Waals surface area contributed by atoms with Crippen LogP contribution in [0.1, 0.15) is 10.4 Å². The van der Waals surface area contributed by atoms with E-state index in [-0.39, 0.29) is 5.91 Å². The van der Waals surface area contributed by atoms with Crippen LogP contribution in [0, 0.1) is 0 Å². The maximum Gasteiger partial charge on any atom is 0.252 e. The zero-order chi connectivity index (χ0) is 8.27. The highest BCUT2D eigenvalue weighted by Gasteiger charge is 2.06. The molecule has 4 heteroatoms. The maximum absolute atomic E-state index is 11.0. The fourth-order valence-electron chi connectivity index (χ4n) is 0.694. The standard InChI is InChI=1S/C7H7ClN2O/c1-9-7(11)5-2-3-10-4-6(5)8/h2-4H,1H3,(H,9,11). The molecule has 11 heavy (non-hydrogen) atoms. The first kappa shape index (κ1) is 8.01. The summed E-state index contributed by atoms with van der Waals surface area (Å²) in [4.78, 5) is 14.8. The third-order valence-corrected chi connectivity index (χ3v) is 1.55. The second kappa shape index (κ2) is 3.34. The molecule has 1 amide bonds. The molecular weight excluding hydrogens is 164 g/mol. The Hall–Kier alpha value is -1.09. The molecule has 0 spiro atoms. The first-order valence-electron chi connectivity index (χ1n) is 3.07. The van der Waals surface area contributed by atoms with E-state index in [1.165, 1.54) is 12.4 Å². The van der Waals surface area contributed by atoms with Crippen LogP contribution in [0.25, 0.3) is 0 Å². The smallest absolute Gasteiger partial charge is 0.252 e. The van der Waals surface area contributed by atoms with Crippen molar-refractivity contribution in [2.45, 2.75) is 0 Å². The van der Waals surface area contributed by atoms with E-state index in [1.807, 2.05) is 0 Å². The van der Waals surface area contributed by atoms with Crippen molar-refractivity contribution in [2.75, 3.05) is 7.05 Å². The Balaban J connectivity index is 3.03. The Morgan fingerprint density at radius 2 is 2.45 bits per heavy atom. The summed E-state index contributed by atoms with van der Waals surface area (Å²) in [6, 6.07) is 1.57. The number of rotatable bonds is 1. The van der Waals surface area contributed by atoms with E-state index in [2.05, 4.69) is 10.3 Å². The number of carbonyl (C=O) groups excluding carboxylic acids is 1. The SMILES string of the molecule is CNC(=O)c1ccncc1Cl. The number of aromatic nitrogens is 1. The third-order valence-electron chi connectivity index (χ3n) is 1.24. The van der Waals surface area contributed by atoms with Crippen molar-refractivity contribution in [1.29, 1.82) is 0 Å². The lowest BCUT2D eigenvalue weighted by Crippen LogP contribution is -2.18. The largest absolute Gasteiger partial charge is 0.355 e. The predicted molar refractivity (Wildman–Crippen MR) is 42.6 cm³/mol. The number of carbonyl (C=O) groups is 1. The minimum Gasteiger partial charge on any atom is -0.355 e. The molecule has 0 aliphatic carbocycles. The van der Waals surface area contributed by atoms with Crippen LogP contribution in [0.3, 0.4) is 0 Å². The van der Waals surface area contributed by atoms with Gasteiger partial charge >= 0.3 is 0 Å². The minimum absolute atomic E-state index is 0.197. The monoisotopic (exact) mass is 170 g/mol.